The van der Waals surface area contributed by atoms with Gasteiger partial charge in [-0.3, -0.25) is 5.10 Å². The molecule has 0 fully saturated rings. The van der Waals surface area contributed by atoms with E-state index in [2.05, 4.69) is 27.0 Å². The molecule has 0 radical (unpaired) electrons. The summed E-state index contributed by atoms with van der Waals surface area (Å²) in [5.74, 6) is 6.81. The monoisotopic (exact) mass is 259 g/mol. The Morgan fingerprint density at radius 3 is 3.00 bits per heavy atom. The number of nitrogens with one attached hydrogen (secondary N) is 1. The number of H-pyrrole nitrogens is 1. The molecule has 18 heavy (non-hydrogen) atoms. The van der Waals surface area contributed by atoms with Crippen molar-refractivity contribution in [2.24, 2.45) is 0 Å². The van der Waals surface area contributed by atoms with Crippen molar-refractivity contribution < 1.29 is 5.11 Å². The molecule has 4 nitrogen and oxygen atoms in total. The Labute approximate surface area is 110 Å². The summed E-state index contributed by atoms with van der Waals surface area (Å²) >= 11 is 1.59. The van der Waals surface area contributed by atoms with Crippen LogP contribution in [0.4, 0.5) is 0 Å². The van der Waals surface area contributed by atoms with Crippen LogP contribution in [0.3, 0.4) is 0 Å². The average molecular weight is 259 g/mol. The summed E-state index contributed by atoms with van der Waals surface area (Å²) in [5.41, 5.74) is 2.15. The highest BCUT2D eigenvalue weighted by molar-refractivity contribution is 7.98. The molecule has 0 atom stereocenters. The minimum Gasteiger partial charge on any atom is -0.395 e. The summed E-state index contributed by atoms with van der Waals surface area (Å²) in [6.07, 6.45) is 2.00. The quantitative estimate of drug-likeness (QED) is 0.649. The Hall–Kier alpha value is -1.77. The Balaban J connectivity index is 2.06. The zero-order chi connectivity index (χ0) is 12.6. The maximum absolute atomic E-state index is 8.72. The summed E-state index contributed by atoms with van der Waals surface area (Å²) < 4.78 is 0. The zero-order valence-electron chi connectivity index (χ0n) is 9.76. The molecule has 0 bridgehead atoms. The van der Waals surface area contributed by atoms with E-state index in [1.54, 1.807) is 11.8 Å². The molecular weight excluding hydrogens is 246 g/mol. The van der Waals surface area contributed by atoms with Crippen molar-refractivity contribution in [3.63, 3.8) is 0 Å². The fourth-order valence-corrected chi connectivity index (χ4v) is 2.17. The van der Waals surface area contributed by atoms with Crippen LogP contribution >= 0.6 is 11.8 Å². The predicted molar refractivity (Wildman–Crippen MR) is 71.0 cm³/mol. The first-order chi connectivity index (χ1) is 8.90. The number of aliphatic hydroxyl groups excluding tert-OH is 1. The third kappa shape index (κ3) is 3.62. The number of thioether (sulfide) groups is 1. The molecule has 0 amide bonds. The van der Waals surface area contributed by atoms with Crippen molar-refractivity contribution in [3.8, 4) is 11.8 Å². The lowest BCUT2D eigenvalue weighted by Gasteiger charge is -2.02. The Bertz CT molecular complexity index is 543. The molecular formula is C13H13N3OS. The second-order valence-corrected chi connectivity index (χ2v) is 4.48. The molecule has 1 aromatic heterocycles. The summed E-state index contributed by atoms with van der Waals surface area (Å²) in [4.78, 5) is 4.06. The lowest BCUT2D eigenvalue weighted by Crippen LogP contribution is -1.88. The number of hydrogen-bond acceptors (Lipinski definition) is 4. The minimum absolute atomic E-state index is 0.0992. The van der Waals surface area contributed by atoms with Gasteiger partial charge in [-0.05, 0) is 11.6 Å². The first-order valence-corrected chi connectivity index (χ1v) is 6.54. The van der Waals surface area contributed by atoms with Crippen molar-refractivity contribution in [2.45, 2.75) is 17.3 Å². The van der Waals surface area contributed by atoms with Crippen LogP contribution in [0.2, 0.25) is 0 Å². The van der Waals surface area contributed by atoms with E-state index in [0.29, 0.717) is 6.42 Å². The molecule has 92 valence electrons. The summed E-state index contributed by atoms with van der Waals surface area (Å²) in [7, 11) is 0. The number of nitrogens with zero attached hydrogens (tertiary/aromatic N) is 2. The van der Waals surface area contributed by atoms with Crippen molar-refractivity contribution in [1.82, 2.24) is 15.2 Å². The van der Waals surface area contributed by atoms with Crippen molar-refractivity contribution in [2.75, 3.05) is 6.61 Å². The topological polar surface area (TPSA) is 61.8 Å². The van der Waals surface area contributed by atoms with Crippen molar-refractivity contribution in [3.05, 3.63) is 41.7 Å². The van der Waals surface area contributed by atoms with Crippen molar-refractivity contribution >= 4 is 11.8 Å². The van der Waals surface area contributed by atoms with Gasteiger partial charge in [0.2, 0.25) is 0 Å². The van der Waals surface area contributed by atoms with Gasteiger partial charge in [0.25, 0.3) is 0 Å². The standard InChI is InChI=1S/C13H13N3OS/c17-8-4-3-6-11-5-1-2-7-12(11)9-18-13-14-10-15-16-13/h1-2,5,7,10,17H,4,8-9H2,(H,14,15,16). The van der Waals surface area contributed by atoms with E-state index in [1.807, 2.05) is 24.3 Å². The largest absolute Gasteiger partial charge is 0.395 e. The van der Waals surface area contributed by atoms with Gasteiger partial charge in [-0.15, -0.1) is 0 Å². The zero-order valence-corrected chi connectivity index (χ0v) is 10.6. The van der Waals surface area contributed by atoms with Gasteiger partial charge in [0.05, 0.1) is 6.61 Å². The lowest BCUT2D eigenvalue weighted by atomic mass is 10.1. The van der Waals surface area contributed by atoms with Gasteiger partial charge in [0.15, 0.2) is 5.16 Å². The van der Waals surface area contributed by atoms with Crippen LogP contribution in [0.1, 0.15) is 17.5 Å². The molecule has 0 saturated carbocycles. The van der Waals surface area contributed by atoms with Crippen LogP contribution in [-0.4, -0.2) is 26.9 Å². The van der Waals surface area contributed by atoms with E-state index < -0.39 is 0 Å². The first-order valence-electron chi connectivity index (χ1n) is 5.56. The predicted octanol–water partition coefficient (Wildman–Crippen LogP) is 1.83. The van der Waals surface area contributed by atoms with E-state index in [4.69, 9.17) is 5.11 Å². The fraction of sp³-hybridized carbons (Fsp3) is 0.231. The van der Waals surface area contributed by atoms with E-state index in [9.17, 15) is 0 Å². The molecule has 0 aliphatic heterocycles. The van der Waals surface area contributed by atoms with Crippen LogP contribution in [0.15, 0.2) is 35.7 Å². The average Bonchev–Trinajstić information content (AvgIpc) is 2.91. The normalized spacial score (nSPS) is 9.83. The number of aromatic amines is 1. The van der Waals surface area contributed by atoms with E-state index in [1.165, 1.54) is 6.33 Å². The van der Waals surface area contributed by atoms with Gasteiger partial charge >= 0.3 is 0 Å². The molecule has 0 aliphatic rings. The number of aliphatic hydroxyl groups is 1. The smallest absolute Gasteiger partial charge is 0.183 e. The number of aromatic nitrogens is 3. The first kappa shape index (κ1) is 12.7. The number of rotatable bonds is 4. The lowest BCUT2D eigenvalue weighted by molar-refractivity contribution is 0.305. The molecule has 0 saturated heterocycles. The molecule has 5 heteroatoms. The van der Waals surface area contributed by atoms with Gasteiger partial charge in [-0.2, -0.15) is 5.10 Å². The van der Waals surface area contributed by atoms with Crippen LogP contribution in [-0.2, 0) is 5.75 Å². The van der Waals surface area contributed by atoms with E-state index >= 15 is 0 Å². The van der Waals surface area contributed by atoms with Gasteiger partial charge in [-0.1, -0.05) is 41.8 Å². The molecule has 2 N–H and O–H groups in total. The SMILES string of the molecule is OCCC#Cc1ccccc1CSc1ncn[nH]1. The highest BCUT2D eigenvalue weighted by Crippen LogP contribution is 2.20. The van der Waals surface area contributed by atoms with Crippen molar-refractivity contribution in [1.29, 1.82) is 0 Å². The molecule has 2 rings (SSSR count). The Morgan fingerprint density at radius 1 is 1.33 bits per heavy atom. The molecule has 0 spiro atoms. The molecule has 1 aromatic carbocycles. The van der Waals surface area contributed by atoms with Gasteiger partial charge in [0, 0.05) is 17.7 Å². The summed E-state index contributed by atoms with van der Waals surface area (Å²) in [6, 6.07) is 7.99. The van der Waals surface area contributed by atoms with Crippen LogP contribution in [0, 0.1) is 11.8 Å². The second-order valence-electron chi connectivity index (χ2n) is 3.51. The molecule has 2 aromatic rings. The highest BCUT2D eigenvalue weighted by Gasteiger charge is 2.02. The maximum atomic E-state index is 8.72. The Kier molecular flexibility index (Phi) is 4.82. The minimum atomic E-state index is 0.0992. The van der Waals surface area contributed by atoms with Crippen LogP contribution in [0.5, 0.6) is 0 Å². The Morgan fingerprint density at radius 2 is 2.22 bits per heavy atom. The van der Waals surface area contributed by atoms with Gasteiger partial charge in [-0.25, -0.2) is 4.98 Å². The highest BCUT2D eigenvalue weighted by atomic mass is 32.2. The number of hydrogen-bond donors (Lipinski definition) is 2. The van der Waals surface area contributed by atoms with Gasteiger partial charge in [0.1, 0.15) is 6.33 Å². The third-order valence-corrected chi connectivity index (χ3v) is 3.16. The summed E-state index contributed by atoms with van der Waals surface area (Å²) in [5, 5.41) is 16.1. The second kappa shape index (κ2) is 6.84. The third-order valence-electron chi connectivity index (χ3n) is 2.23. The van der Waals surface area contributed by atoms with Gasteiger partial charge < -0.3 is 5.11 Å². The van der Waals surface area contributed by atoms with Crippen LogP contribution in [0.25, 0.3) is 0 Å². The van der Waals surface area contributed by atoms with E-state index in [-0.39, 0.29) is 6.61 Å². The number of benzene rings is 1. The van der Waals surface area contributed by atoms with Crippen LogP contribution < -0.4 is 0 Å². The molecule has 0 aliphatic carbocycles. The molecule has 1 heterocycles. The van der Waals surface area contributed by atoms with E-state index in [0.717, 1.165) is 22.0 Å². The summed E-state index contributed by atoms with van der Waals surface area (Å²) in [6.45, 7) is 0.0992. The maximum Gasteiger partial charge on any atom is 0.183 e. The fourth-order valence-electron chi connectivity index (χ4n) is 1.39. The molecule has 0 unspecified atom stereocenters.